The number of carbonyl (C=O) groups is 1. The third kappa shape index (κ3) is 2.20. The van der Waals surface area contributed by atoms with Gasteiger partial charge in [0.05, 0.1) is 11.6 Å². The Balaban J connectivity index is 1.90. The molecule has 0 spiro atoms. The molecule has 1 aliphatic rings. The minimum Gasteiger partial charge on any atom is -0.358 e. The lowest BCUT2D eigenvalue weighted by atomic mass is 10.00. The third-order valence-corrected chi connectivity index (χ3v) is 4.17. The summed E-state index contributed by atoms with van der Waals surface area (Å²) in [6.45, 7) is 6.29. The summed E-state index contributed by atoms with van der Waals surface area (Å²) in [5.74, 6) is -0.0364. The van der Waals surface area contributed by atoms with Crippen molar-refractivity contribution in [2.24, 2.45) is 0 Å². The molecule has 2 N–H and O–H groups in total. The van der Waals surface area contributed by atoms with E-state index in [0.717, 1.165) is 27.6 Å². The molecule has 4 nitrogen and oxygen atoms in total. The van der Waals surface area contributed by atoms with Crippen LogP contribution in [0.1, 0.15) is 18.4 Å². The van der Waals surface area contributed by atoms with Gasteiger partial charge in [-0.15, -0.1) is 17.9 Å². The van der Waals surface area contributed by atoms with Crippen LogP contribution in [0, 0.1) is 0 Å². The number of hydrogen-bond donors (Lipinski definition) is 2. The quantitative estimate of drug-likeness (QED) is 0.846. The molecule has 1 amide bonds. The van der Waals surface area contributed by atoms with E-state index in [4.69, 9.17) is 0 Å². The molecule has 1 aliphatic heterocycles. The van der Waals surface area contributed by atoms with Gasteiger partial charge in [0.1, 0.15) is 0 Å². The third-order valence-electron chi connectivity index (χ3n) is 3.37. The van der Waals surface area contributed by atoms with Crippen LogP contribution in [0.5, 0.6) is 0 Å². The molecule has 0 saturated carbocycles. The number of nitrogens with one attached hydrogen (secondary N) is 2. The second-order valence-corrected chi connectivity index (χ2v) is 5.58. The van der Waals surface area contributed by atoms with Crippen LogP contribution in [0.2, 0.25) is 0 Å². The summed E-state index contributed by atoms with van der Waals surface area (Å²) in [5, 5.41) is 8.95. The molecule has 5 heteroatoms. The molecule has 0 bridgehead atoms. The molecule has 1 aromatic carbocycles. The standard InChI is InChI=1S/C15H15N3OS/c1-3-6-16-15-18-13(8-20-15)10-4-5-12-11(7-10)9(2)14(19)17-12/h3-5,7-9H,1,6H2,2H3,(H,16,18)(H,17,19)/t9-/m0/s1. The molecule has 2 aromatic rings. The monoisotopic (exact) mass is 285 g/mol. The van der Waals surface area contributed by atoms with Crippen molar-refractivity contribution in [3.8, 4) is 11.3 Å². The Hall–Kier alpha value is -2.14. The van der Waals surface area contributed by atoms with Crippen molar-refractivity contribution in [3.05, 3.63) is 41.8 Å². The molecule has 102 valence electrons. The van der Waals surface area contributed by atoms with Gasteiger partial charge in [-0.1, -0.05) is 12.1 Å². The van der Waals surface area contributed by atoms with Crippen LogP contribution in [0.4, 0.5) is 10.8 Å². The normalized spacial score (nSPS) is 16.6. The van der Waals surface area contributed by atoms with Crippen LogP contribution >= 0.6 is 11.3 Å². The summed E-state index contributed by atoms with van der Waals surface area (Å²) in [7, 11) is 0. The summed E-state index contributed by atoms with van der Waals surface area (Å²) in [5.41, 5.74) is 3.92. The first-order valence-corrected chi connectivity index (χ1v) is 7.32. The highest BCUT2D eigenvalue weighted by atomic mass is 32.1. The highest BCUT2D eigenvalue weighted by Crippen LogP contribution is 2.36. The van der Waals surface area contributed by atoms with Crippen molar-refractivity contribution in [3.63, 3.8) is 0 Å². The number of amides is 1. The summed E-state index contributed by atoms with van der Waals surface area (Å²) < 4.78 is 0. The van der Waals surface area contributed by atoms with E-state index in [0.29, 0.717) is 6.54 Å². The molecule has 20 heavy (non-hydrogen) atoms. The van der Waals surface area contributed by atoms with Crippen molar-refractivity contribution in [2.75, 3.05) is 17.2 Å². The molecule has 1 atom stereocenters. The first kappa shape index (κ1) is 12.9. The lowest BCUT2D eigenvalue weighted by Gasteiger charge is -2.04. The maximum Gasteiger partial charge on any atom is 0.231 e. The fourth-order valence-corrected chi connectivity index (χ4v) is 2.95. The van der Waals surface area contributed by atoms with Gasteiger partial charge in [-0.25, -0.2) is 4.98 Å². The minimum absolute atomic E-state index is 0.0590. The average Bonchev–Trinajstić information content (AvgIpc) is 3.03. The van der Waals surface area contributed by atoms with E-state index >= 15 is 0 Å². The summed E-state index contributed by atoms with van der Waals surface area (Å²) in [6.07, 6.45) is 1.80. The van der Waals surface area contributed by atoms with Crippen LogP contribution in [0.15, 0.2) is 36.2 Å². The predicted octanol–water partition coefficient (Wildman–Crippen LogP) is 3.46. The van der Waals surface area contributed by atoms with E-state index in [1.54, 1.807) is 17.4 Å². The largest absolute Gasteiger partial charge is 0.358 e. The molecular formula is C15H15N3OS. The van der Waals surface area contributed by atoms with Gasteiger partial charge in [-0.3, -0.25) is 4.79 Å². The topological polar surface area (TPSA) is 54.0 Å². The highest BCUT2D eigenvalue weighted by molar-refractivity contribution is 7.14. The van der Waals surface area contributed by atoms with Crippen LogP contribution in [-0.4, -0.2) is 17.4 Å². The summed E-state index contributed by atoms with van der Waals surface area (Å²) in [4.78, 5) is 16.2. The summed E-state index contributed by atoms with van der Waals surface area (Å²) in [6, 6.07) is 5.98. The molecule has 0 radical (unpaired) electrons. The lowest BCUT2D eigenvalue weighted by molar-refractivity contribution is -0.116. The number of hydrogen-bond acceptors (Lipinski definition) is 4. The van der Waals surface area contributed by atoms with Crippen LogP contribution in [-0.2, 0) is 4.79 Å². The molecule has 0 fully saturated rings. The minimum atomic E-state index is -0.0954. The molecule has 0 saturated heterocycles. The lowest BCUT2D eigenvalue weighted by Crippen LogP contribution is -2.08. The number of nitrogens with zero attached hydrogens (tertiary/aromatic N) is 1. The van der Waals surface area contributed by atoms with Gasteiger partial charge in [0.15, 0.2) is 5.13 Å². The predicted molar refractivity (Wildman–Crippen MR) is 83.3 cm³/mol. The zero-order valence-electron chi connectivity index (χ0n) is 11.1. The van der Waals surface area contributed by atoms with E-state index in [9.17, 15) is 4.79 Å². The maximum absolute atomic E-state index is 11.7. The number of thiazole rings is 1. The zero-order valence-corrected chi connectivity index (χ0v) is 12.0. The Labute approximate surface area is 121 Å². The number of rotatable bonds is 4. The number of benzene rings is 1. The van der Waals surface area contributed by atoms with Crippen LogP contribution in [0.3, 0.4) is 0 Å². The van der Waals surface area contributed by atoms with Crippen LogP contribution < -0.4 is 10.6 Å². The first-order valence-electron chi connectivity index (χ1n) is 6.44. The number of aromatic nitrogens is 1. The Kier molecular flexibility index (Phi) is 3.28. The van der Waals surface area contributed by atoms with E-state index in [1.165, 1.54) is 0 Å². The SMILES string of the molecule is C=CCNc1nc(-c2ccc3c(c2)[C@H](C)C(=O)N3)cs1. The van der Waals surface area contributed by atoms with E-state index in [-0.39, 0.29) is 11.8 Å². The Morgan fingerprint density at radius 3 is 3.20 bits per heavy atom. The van der Waals surface area contributed by atoms with Gasteiger partial charge in [0.25, 0.3) is 0 Å². The van der Waals surface area contributed by atoms with Gasteiger partial charge in [0, 0.05) is 23.2 Å². The molecule has 2 heterocycles. The molecule has 3 rings (SSSR count). The Bertz CT molecular complexity index is 678. The van der Waals surface area contributed by atoms with Crippen molar-refractivity contribution >= 4 is 28.1 Å². The van der Waals surface area contributed by atoms with Crippen molar-refractivity contribution in [1.82, 2.24) is 4.98 Å². The Morgan fingerprint density at radius 2 is 2.40 bits per heavy atom. The molecule has 0 aliphatic carbocycles. The molecular weight excluding hydrogens is 270 g/mol. The molecule has 1 aromatic heterocycles. The zero-order chi connectivity index (χ0) is 14.1. The van der Waals surface area contributed by atoms with Gasteiger partial charge in [0.2, 0.25) is 5.91 Å². The van der Waals surface area contributed by atoms with Crippen molar-refractivity contribution in [2.45, 2.75) is 12.8 Å². The second-order valence-electron chi connectivity index (χ2n) is 4.72. The van der Waals surface area contributed by atoms with Gasteiger partial charge in [-0.05, 0) is 24.6 Å². The van der Waals surface area contributed by atoms with Gasteiger partial charge >= 0.3 is 0 Å². The fraction of sp³-hybridized carbons (Fsp3) is 0.200. The number of fused-ring (bicyclic) bond motifs is 1. The van der Waals surface area contributed by atoms with E-state index in [1.807, 2.05) is 30.5 Å². The average molecular weight is 285 g/mol. The van der Waals surface area contributed by atoms with Crippen molar-refractivity contribution < 1.29 is 4.79 Å². The maximum atomic E-state index is 11.7. The van der Waals surface area contributed by atoms with E-state index in [2.05, 4.69) is 22.2 Å². The van der Waals surface area contributed by atoms with Crippen molar-refractivity contribution in [1.29, 1.82) is 0 Å². The number of carbonyl (C=O) groups excluding carboxylic acids is 1. The van der Waals surface area contributed by atoms with Crippen LogP contribution in [0.25, 0.3) is 11.3 Å². The number of anilines is 2. The Morgan fingerprint density at radius 1 is 1.55 bits per heavy atom. The summed E-state index contributed by atoms with van der Waals surface area (Å²) >= 11 is 1.57. The van der Waals surface area contributed by atoms with Gasteiger partial charge < -0.3 is 10.6 Å². The van der Waals surface area contributed by atoms with Gasteiger partial charge in [-0.2, -0.15) is 0 Å². The fourth-order valence-electron chi connectivity index (χ4n) is 2.22. The van der Waals surface area contributed by atoms with E-state index < -0.39 is 0 Å². The highest BCUT2D eigenvalue weighted by Gasteiger charge is 2.26. The smallest absolute Gasteiger partial charge is 0.231 e. The second kappa shape index (κ2) is 5.09. The molecule has 0 unspecified atom stereocenters. The first-order chi connectivity index (χ1) is 9.69.